The quantitative estimate of drug-likeness (QED) is 0.758. The van der Waals surface area contributed by atoms with E-state index in [2.05, 4.69) is 5.32 Å². The Morgan fingerprint density at radius 2 is 1.69 bits per heavy atom. The molecule has 2 heterocycles. The number of likely N-dealkylation sites (tertiary alicyclic amines) is 1. The maximum atomic E-state index is 13.0. The first-order chi connectivity index (χ1) is 15.6. The lowest BCUT2D eigenvalue weighted by molar-refractivity contribution is -0.136. The van der Waals surface area contributed by atoms with Gasteiger partial charge in [-0.3, -0.25) is 9.59 Å². The van der Waals surface area contributed by atoms with Gasteiger partial charge in [-0.2, -0.15) is 0 Å². The van der Waals surface area contributed by atoms with Gasteiger partial charge in [-0.05, 0) is 92.2 Å². The fourth-order valence-electron chi connectivity index (χ4n) is 7.86. The zero-order valence-electron chi connectivity index (χ0n) is 18.8. The van der Waals surface area contributed by atoms with Gasteiger partial charge in [-0.15, -0.1) is 0 Å². The summed E-state index contributed by atoms with van der Waals surface area (Å²) in [7, 11) is 0. The molecular weight excluding hydrogens is 404 g/mol. The van der Waals surface area contributed by atoms with E-state index in [1.807, 2.05) is 23.1 Å². The summed E-state index contributed by atoms with van der Waals surface area (Å²) in [6.45, 7) is 1.97. The molecule has 6 nitrogen and oxygen atoms in total. The average Bonchev–Trinajstić information content (AvgIpc) is 3.26. The maximum Gasteiger partial charge on any atom is 0.242 e. The van der Waals surface area contributed by atoms with Crippen LogP contribution in [0, 0.1) is 23.2 Å². The highest BCUT2D eigenvalue weighted by atomic mass is 16.6. The van der Waals surface area contributed by atoms with Gasteiger partial charge in [-0.25, -0.2) is 0 Å². The van der Waals surface area contributed by atoms with Crippen molar-refractivity contribution in [3.8, 4) is 11.5 Å². The fourth-order valence-corrected chi connectivity index (χ4v) is 7.86. The van der Waals surface area contributed by atoms with E-state index in [1.54, 1.807) is 0 Å². The number of benzene rings is 1. The lowest BCUT2D eigenvalue weighted by Gasteiger charge is -2.56. The van der Waals surface area contributed by atoms with E-state index in [0.717, 1.165) is 54.2 Å². The normalized spacial score (nSPS) is 34.6. The van der Waals surface area contributed by atoms with E-state index >= 15 is 0 Å². The number of hydrogen-bond acceptors (Lipinski definition) is 4. The standard InChI is InChI=1S/C26H34N2O4/c29-24(15-26-12-17-8-18(13-26)10-19(9-17)14-26)27-16-25(30)28-5-1-2-21(28)20-3-4-22-23(11-20)32-7-6-31-22/h3-4,11,17-19,21H,1-2,5-10,12-16H2,(H,27,29). The third kappa shape index (κ3) is 3.75. The Labute approximate surface area is 190 Å². The van der Waals surface area contributed by atoms with Crippen LogP contribution >= 0.6 is 0 Å². The lowest BCUT2D eigenvalue weighted by atomic mass is 9.49. The van der Waals surface area contributed by atoms with Gasteiger partial charge < -0.3 is 19.7 Å². The summed E-state index contributed by atoms with van der Waals surface area (Å²) < 4.78 is 11.4. The zero-order chi connectivity index (χ0) is 21.7. The van der Waals surface area contributed by atoms with Gasteiger partial charge in [0, 0.05) is 13.0 Å². The van der Waals surface area contributed by atoms with Crippen LogP contribution in [0.5, 0.6) is 11.5 Å². The van der Waals surface area contributed by atoms with Gasteiger partial charge in [0.15, 0.2) is 11.5 Å². The molecule has 0 spiro atoms. The topological polar surface area (TPSA) is 67.9 Å². The van der Waals surface area contributed by atoms with Crippen LogP contribution in [-0.4, -0.2) is 43.0 Å². The van der Waals surface area contributed by atoms with Crippen LogP contribution in [0.15, 0.2) is 18.2 Å². The van der Waals surface area contributed by atoms with Crippen LogP contribution in [0.4, 0.5) is 0 Å². The second-order valence-corrected chi connectivity index (χ2v) is 11.0. The molecule has 6 aliphatic rings. The van der Waals surface area contributed by atoms with Crippen LogP contribution < -0.4 is 14.8 Å². The van der Waals surface area contributed by atoms with Crippen LogP contribution in [0.2, 0.25) is 0 Å². The average molecular weight is 439 g/mol. The summed E-state index contributed by atoms with van der Waals surface area (Å²) >= 11 is 0. The molecule has 1 aromatic carbocycles. The van der Waals surface area contributed by atoms with E-state index in [9.17, 15) is 9.59 Å². The molecule has 2 amide bonds. The second-order valence-electron chi connectivity index (χ2n) is 11.0. The van der Waals surface area contributed by atoms with Crippen molar-refractivity contribution in [3.05, 3.63) is 23.8 Å². The molecule has 32 heavy (non-hydrogen) atoms. The van der Waals surface area contributed by atoms with Crippen molar-refractivity contribution >= 4 is 11.8 Å². The van der Waals surface area contributed by atoms with Crippen LogP contribution in [0.3, 0.4) is 0 Å². The molecule has 1 N–H and O–H groups in total. The monoisotopic (exact) mass is 438 g/mol. The molecule has 0 radical (unpaired) electrons. The molecule has 7 rings (SSSR count). The van der Waals surface area contributed by atoms with E-state index in [-0.39, 0.29) is 29.8 Å². The van der Waals surface area contributed by atoms with Gasteiger partial charge in [0.25, 0.3) is 0 Å². The Bertz CT molecular complexity index is 878. The summed E-state index contributed by atoms with van der Waals surface area (Å²) in [5.74, 6) is 4.13. The lowest BCUT2D eigenvalue weighted by Crippen LogP contribution is -2.48. The number of hydrogen-bond donors (Lipinski definition) is 1. The third-order valence-electron chi connectivity index (χ3n) is 8.66. The molecule has 1 unspecified atom stereocenters. The van der Waals surface area contributed by atoms with Crippen LogP contribution in [-0.2, 0) is 9.59 Å². The minimum Gasteiger partial charge on any atom is -0.486 e. The first-order valence-corrected chi connectivity index (χ1v) is 12.5. The Morgan fingerprint density at radius 3 is 2.41 bits per heavy atom. The highest BCUT2D eigenvalue weighted by Crippen LogP contribution is 2.61. The minimum atomic E-state index is 0.0150. The van der Waals surface area contributed by atoms with Crippen LogP contribution in [0.25, 0.3) is 0 Å². The fraction of sp³-hybridized carbons (Fsp3) is 0.692. The van der Waals surface area contributed by atoms with Gasteiger partial charge in [0.1, 0.15) is 13.2 Å². The summed E-state index contributed by atoms with van der Waals surface area (Å²) in [5.41, 5.74) is 1.29. The van der Waals surface area contributed by atoms with Crippen molar-refractivity contribution in [2.24, 2.45) is 23.2 Å². The number of carbonyl (C=O) groups is 2. The highest BCUT2D eigenvalue weighted by Gasteiger charge is 2.51. The summed E-state index contributed by atoms with van der Waals surface area (Å²) in [6, 6.07) is 6.03. The summed E-state index contributed by atoms with van der Waals surface area (Å²) in [5, 5.41) is 2.98. The molecule has 4 bridgehead atoms. The van der Waals surface area contributed by atoms with Gasteiger partial charge in [0.05, 0.1) is 12.6 Å². The van der Waals surface area contributed by atoms with Crippen molar-refractivity contribution < 1.29 is 19.1 Å². The largest absolute Gasteiger partial charge is 0.486 e. The maximum absolute atomic E-state index is 13.0. The Balaban J connectivity index is 1.06. The first-order valence-electron chi connectivity index (χ1n) is 12.5. The molecule has 4 aliphatic carbocycles. The molecule has 172 valence electrons. The van der Waals surface area contributed by atoms with Crippen molar-refractivity contribution in [1.29, 1.82) is 0 Å². The van der Waals surface area contributed by atoms with E-state index in [1.165, 1.54) is 38.5 Å². The Kier molecular flexibility index (Phi) is 5.07. The Morgan fingerprint density at radius 1 is 1.00 bits per heavy atom. The SMILES string of the molecule is O=C(CC12CC3CC(CC(C3)C1)C2)NCC(=O)N1CCCC1c1ccc2c(c1)OCCO2. The molecule has 1 atom stereocenters. The Hall–Kier alpha value is -2.24. The van der Waals surface area contributed by atoms with E-state index < -0.39 is 0 Å². The molecule has 0 aromatic heterocycles. The molecule has 1 saturated heterocycles. The second kappa shape index (κ2) is 7.96. The predicted molar refractivity (Wildman–Crippen MR) is 119 cm³/mol. The number of rotatable bonds is 5. The third-order valence-corrected chi connectivity index (χ3v) is 8.66. The van der Waals surface area contributed by atoms with Crippen molar-refractivity contribution in [1.82, 2.24) is 10.2 Å². The van der Waals surface area contributed by atoms with Crippen molar-refractivity contribution in [3.63, 3.8) is 0 Å². The molecule has 1 aromatic rings. The molecular formula is C26H34N2O4. The molecule has 6 heteroatoms. The number of carbonyl (C=O) groups excluding carboxylic acids is 2. The highest BCUT2D eigenvalue weighted by molar-refractivity contribution is 5.85. The van der Waals surface area contributed by atoms with Gasteiger partial charge >= 0.3 is 0 Å². The number of ether oxygens (including phenoxy) is 2. The van der Waals surface area contributed by atoms with Gasteiger partial charge in [0.2, 0.25) is 11.8 Å². The molecule has 5 fully saturated rings. The summed E-state index contributed by atoms with van der Waals surface area (Å²) in [4.78, 5) is 27.8. The number of nitrogens with one attached hydrogen (secondary N) is 1. The van der Waals surface area contributed by atoms with Crippen molar-refractivity contribution in [2.45, 2.75) is 63.8 Å². The van der Waals surface area contributed by atoms with Gasteiger partial charge in [-0.1, -0.05) is 6.07 Å². The van der Waals surface area contributed by atoms with Crippen LogP contribution in [0.1, 0.15) is 69.4 Å². The number of amides is 2. The predicted octanol–water partition coefficient (Wildman–Crippen LogP) is 3.84. The smallest absolute Gasteiger partial charge is 0.242 e. The van der Waals surface area contributed by atoms with E-state index in [4.69, 9.17) is 9.47 Å². The first kappa shape index (κ1) is 20.4. The number of fused-ring (bicyclic) bond motifs is 1. The number of nitrogens with zero attached hydrogens (tertiary/aromatic N) is 1. The minimum absolute atomic E-state index is 0.0150. The molecule has 2 aliphatic heterocycles. The van der Waals surface area contributed by atoms with Crippen molar-refractivity contribution in [2.75, 3.05) is 26.3 Å². The molecule has 4 saturated carbocycles. The summed E-state index contributed by atoms with van der Waals surface area (Å²) in [6.07, 6.45) is 10.3. The van der Waals surface area contributed by atoms with E-state index in [0.29, 0.717) is 19.6 Å². The zero-order valence-corrected chi connectivity index (χ0v) is 18.8.